The number of fused-ring (bicyclic) bond motifs is 1. The van der Waals surface area contributed by atoms with E-state index in [-0.39, 0.29) is 62.0 Å². The van der Waals surface area contributed by atoms with Gasteiger partial charge in [0, 0.05) is 45.7 Å². The molecule has 0 aliphatic carbocycles. The lowest BCUT2D eigenvalue weighted by molar-refractivity contribution is -0.192. The number of nitrogens with one attached hydrogen (secondary N) is 5. The highest BCUT2D eigenvalue weighted by Crippen LogP contribution is 2.31. The van der Waals surface area contributed by atoms with Crippen LogP contribution in [0, 0.1) is 0 Å². The fraction of sp³-hybridized carbons (Fsp3) is 0.351. The zero-order valence-corrected chi connectivity index (χ0v) is 30.1. The first-order chi connectivity index (χ1) is 26.2. The first kappa shape index (κ1) is 43.2. The molecule has 296 valence electrons. The second-order valence-corrected chi connectivity index (χ2v) is 12.2. The molecule has 9 N–H and O–H groups in total. The van der Waals surface area contributed by atoms with Gasteiger partial charge in [0.25, 0.3) is 0 Å². The fourth-order valence-electron chi connectivity index (χ4n) is 5.35. The minimum atomic E-state index is -5.08. The van der Waals surface area contributed by atoms with E-state index in [0.29, 0.717) is 25.9 Å². The van der Waals surface area contributed by atoms with Crippen molar-refractivity contribution in [2.24, 2.45) is 10.7 Å². The monoisotopic (exact) mass is 770 g/mol. The lowest BCUT2D eigenvalue weighted by Gasteiger charge is -2.29. The molecule has 0 bridgehead atoms. The highest BCUT2D eigenvalue weighted by Gasteiger charge is 2.38. The maximum Gasteiger partial charge on any atom is 0.490 e. The van der Waals surface area contributed by atoms with Crippen molar-refractivity contribution >= 4 is 35.7 Å². The Bertz CT molecular complexity index is 1750. The Kier molecular flexibility index (Phi) is 16.9. The van der Waals surface area contributed by atoms with Crippen LogP contribution < -0.4 is 32.3 Å². The quantitative estimate of drug-likeness (QED) is 0.0645. The van der Waals surface area contributed by atoms with Crippen LogP contribution >= 0.6 is 0 Å². The Morgan fingerprint density at radius 2 is 1.44 bits per heavy atom. The van der Waals surface area contributed by atoms with Crippen LogP contribution in [-0.4, -0.2) is 82.6 Å². The third-order valence-corrected chi connectivity index (χ3v) is 8.10. The minimum absolute atomic E-state index is 0.0970. The van der Waals surface area contributed by atoms with E-state index in [1.165, 1.54) is 0 Å². The summed E-state index contributed by atoms with van der Waals surface area (Å²) in [6.45, 7) is 3.85. The number of carboxylic acid groups (broad SMARTS) is 1. The van der Waals surface area contributed by atoms with Crippen LogP contribution in [0.4, 0.5) is 18.0 Å². The van der Waals surface area contributed by atoms with E-state index in [9.17, 15) is 37.5 Å². The number of aliphatic carboxylic acids is 1. The number of phenolic OH excluding ortho intramolecular Hbond substituents is 1. The van der Waals surface area contributed by atoms with Gasteiger partial charge in [0.15, 0.2) is 5.96 Å². The number of amides is 5. The van der Waals surface area contributed by atoms with Crippen molar-refractivity contribution in [2.75, 3.05) is 19.6 Å². The number of hydrogen-bond acceptors (Lipinski definition) is 8. The largest absolute Gasteiger partial charge is 0.508 e. The molecular weight excluding hydrogens is 725 g/mol. The molecule has 3 aromatic carbocycles. The molecule has 1 aliphatic heterocycles. The molecular formula is C37H45F3N8O7. The van der Waals surface area contributed by atoms with Crippen LogP contribution in [0.5, 0.6) is 5.75 Å². The molecule has 4 rings (SSSR count). The van der Waals surface area contributed by atoms with Gasteiger partial charge in [-0.15, -0.1) is 0 Å². The number of carbonyl (C=O) groups excluding carboxylic acids is 4. The van der Waals surface area contributed by atoms with Gasteiger partial charge >= 0.3 is 18.2 Å². The van der Waals surface area contributed by atoms with E-state index in [4.69, 9.17) is 15.6 Å². The summed E-state index contributed by atoms with van der Waals surface area (Å²) in [6, 6.07) is 22.0. The van der Waals surface area contributed by atoms with Crippen molar-refractivity contribution in [1.82, 2.24) is 31.5 Å². The van der Waals surface area contributed by atoms with Gasteiger partial charge in [0.2, 0.25) is 17.7 Å². The van der Waals surface area contributed by atoms with Gasteiger partial charge in [-0.1, -0.05) is 73.7 Å². The number of urea groups is 1. The summed E-state index contributed by atoms with van der Waals surface area (Å²) < 4.78 is 31.7. The first-order valence-corrected chi connectivity index (χ1v) is 17.3. The van der Waals surface area contributed by atoms with Crippen molar-refractivity contribution in [3.8, 4) is 5.75 Å². The Morgan fingerprint density at radius 1 is 0.855 bits per heavy atom. The minimum Gasteiger partial charge on any atom is -0.508 e. The van der Waals surface area contributed by atoms with Crippen molar-refractivity contribution in [1.29, 1.82) is 0 Å². The number of alkyl halides is 3. The van der Waals surface area contributed by atoms with Crippen LogP contribution in [0.3, 0.4) is 0 Å². The molecule has 0 fully saturated rings. The number of rotatable bonds is 15. The predicted octanol–water partition coefficient (Wildman–Crippen LogP) is 2.80. The zero-order chi connectivity index (χ0) is 40.4. The number of carboxylic acids is 1. The Morgan fingerprint density at radius 3 is 2.02 bits per heavy atom. The van der Waals surface area contributed by atoms with Crippen LogP contribution in [-0.2, 0) is 38.8 Å². The van der Waals surface area contributed by atoms with Gasteiger partial charge in [-0.2, -0.15) is 13.2 Å². The molecule has 3 aromatic rings. The smallest absolute Gasteiger partial charge is 0.490 e. The van der Waals surface area contributed by atoms with Gasteiger partial charge in [-0.25, -0.2) is 9.59 Å². The summed E-state index contributed by atoms with van der Waals surface area (Å²) >= 11 is 0. The van der Waals surface area contributed by atoms with Gasteiger partial charge in [0.1, 0.15) is 17.8 Å². The lowest BCUT2D eigenvalue weighted by atomic mass is 10.0. The van der Waals surface area contributed by atoms with E-state index >= 15 is 0 Å². The summed E-state index contributed by atoms with van der Waals surface area (Å²) in [5.74, 6) is -3.50. The molecule has 18 heteroatoms. The Balaban J connectivity index is 0.00000106. The maximum absolute atomic E-state index is 14.0. The lowest BCUT2D eigenvalue weighted by Crippen LogP contribution is -2.50. The number of halogens is 3. The molecule has 1 aliphatic rings. The van der Waals surface area contributed by atoms with Gasteiger partial charge in [-0.05, 0) is 47.2 Å². The predicted molar refractivity (Wildman–Crippen MR) is 196 cm³/mol. The van der Waals surface area contributed by atoms with Crippen LogP contribution in [0.15, 0.2) is 83.9 Å². The second-order valence-electron chi connectivity index (χ2n) is 12.2. The van der Waals surface area contributed by atoms with E-state index in [0.717, 1.165) is 22.3 Å². The highest BCUT2D eigenvalue weighted by atomic mass is 19.4. The summed E-state index contributed by atoms with van der Waals surface area (Å²) in [4.78, 5) is 66.1. The molecule has 0 unspecified atom stereocenters. The van der Waals surface area contributed by atoms with Gasteiger partial charge < -0.3 is 37.2 Å². The average Bonchev–Trinajstić information content (AvgIpc) is 3.58. The molecule has 55 heavy (non-hydrogen) atoms. The summed E-state index contributed by atoms with van der Waals surface area (Å²) in [5.41, 5.74) is 9.81. The molecule has 5 amide bonds. The number of aliphatic imine (C=N–C) groups is 1. The van der Waals surface area contributed by atoms with Crippen LogP contribution in [0.1, 0.15) is 54.5 Å². The zero-order valence-electron chi connectivity index (χ0n) is 30.1. The van der Waals surface area contributed by atoms with Gasteiger partial charge in [-0.3, -0.25) is 29.6 Å². The molecule has 0 saturated heterocycles. The molecule has 15 nitrogen and oxygen atoms in total. The third-order valence-electron chi connectivity index (χ3n) is 8.10. The highest BCUT2D eigenvalue weighted by molar-refractivity contribution is 5.95. The number of nitrogens with two attached hydrogens (primary N) is 1. The third kappa shape index (κ3) is 15.0. The maximum atomic E-state index is 14.0. The van der Waals surface area contributed by atoms with Crippen molar-refractivity contribution in [3.63, 3.8) is 0 Å². The number of guanidine groups is 1. The summed E-state index contributed by atoms with van der Waals surface area (Å²) in [7, 11) is 0. The van der Waals surface area contributed by atoms with Crippen molar-refractivity contribution < 1.29 is 47.4 Å². The number of aromatic hydroxyl groups is 1. The molecule has 2 atom stereocenters. The van der Waals surface area contributed by atoms with Gasteiger partial charge in [0.05, 0.1) is 0 Å². The van der Waals surface area contributed by atoms with Crippen molar-refractivity contribution in [2.45, 2.75) is 64.1 Å². The fourth-order valence-corrected chi connectivity index (χ4v) is 5.35. The number of phenols is 1. The number of carbonyl (C=O) groups is 5. The molecule has 0 spiro atoms. The summed E-state index contributed by atoms with van der Waals surface area (Å²) in [6.07, 6.45) is -4.08. The van der Waals surface area contributed by atoms with Crippen molar-refractivity contribution in [3.05, 3.63) is 101 Å². The topological polar surface area (TPSA) is 228 Å². The standard InChI is InChI=1S/C35H44N8O5.C2HF3O2/c1-2-30(45)37-19-20-39-35(48)42-34(36)38-18-8-13-29(32(46)40-21-24-14-16-28(44)17-15-24)41-33(47)31(25-9-4-3-5-10-25)43-22-26-11-6-7-12-27(26)23-43;3-2(4,5)1(6)7/h3-7,9-12,14-17,29,31,44H,2,8,13,18-23H2,1H3,(H,37,45)(H,40,46)(H,41,47)(H4,36,38,39,42,48);(H,6,7)/t29-,31+;/m1./s1. The van der Waals surface area contributed by atoms with E-state index in [2.05, 4.69) is 48.6 Å². The SMILES string of the molecule is CCC(=O)NCCNC(=O)NC(N)=NCCC[C@@H](NC(=O)[C@H](c1ccccc1)N1Cc2ccccc2C1)C(=O)NCc1ccc(O)cc1.O=C(O)C(F)(F)F. The average molecular weight is 771 g/mol. The van der Waals surface area contributed by atoms with E-state index in [1.54, 1.807) is 31.2 Å². The molecule has 0 saturated carbocycles. The molecule has 0 radical (unpaired) electrons. The number of hydrogen-bond donors (Lipinski definition) is 8. The van der Waals surface area contributed by atoms with Crippen LogP contribution in [0.2, 0.25) is 0 Å². The normalized spacial score (nSPS) is 13.6. The number of benzene rings is 3. The van der Waals surface area contributed by atoms with Crippen LogP contribution in [0.25, 0.3) is 0 Å². The van der Waals surface area contributed by atoms with E-state index in [1.807, 2.05) is 42.5 Å². The number of nitrogens with zero attached hydrogens (tertiary/aromatic N) is 2. The first-order valence-electron chi connectivity index (χ1n) is 17.3. The summed E-state index contributed by atoms with van der Waals surface area (Å²) in [5, 5.41) is 30.3. The molecule has 0 aromatic heterocycles. The second kappa shape index (κ2) is 21.5. The molecule has 1 heterocycles. The Labute approximate surface area is 315 Å². The Hall–Kier alpha value is -6.17. The van der Waals surface area contributed by atoms with E-state index < -0.39 is 30.3 Å².